The van der Waals surface area contributed by atoms with Crippen molar-refractivity contribution in [3.05, 3.63) is 35.6 Å². The minimum atomic E-state index is -0.600. The molecule has 1 heterocycles. The molecule has 1 aromatic rings. The maximum Gasteiger partial charge on any atom is 0.242 e. The summed E-state index contributed by atoms with van der Waals surface area (Å²) in [6.07, 6.45) is 0. The summed E-state index contributed by atoms with van der Waals surface area (Å²) in [4.78, 5) is 12.6. The first-order valence-electron chi connectivity index (χ1n) is 4.39. The lowest BCUT2D eigenvalue weighted by molar-refractivity contribution is -0.147. The lowest BCUT2D eigenvalue weighted by atomic mass is 9.90. The summed E-state index contributed by atoms with van der Waals surface area (Å²) in [5.74, 6) is -0.453. The molecule has 74 valence electrons. The van der Waals surface area contributed by atoms with Crippen molar-refractivity contribution in [1.82, 2.24) is 4.90 Å². The average molecular weight is 194 g/mol. The second-order valence-corrected chi connectivity index (χ2v) is 3.44. The van der Waals surface area contributed by atoms with E-state index in [-0.39, 0.29) is 17.8 Å². The summed E-state index contributed by atoms with van der Waals surface area (Å²) in [5.41, 5.74) is 6.09. The molecular formula is C10H11FN2O. The molecule has 0 saturated carbocycles. The number of benzene rings is 1. The third-order valence-electron chi connectivity index (χ3n) is 2.61. The van der Waals surface area contributed by atoms with Crippen molar-refractivity contribution in [3.63, 3.8) is 0 Å². The molecule has 0 radical (unpaired) electrons. The van der Waals surface area contributed by atoms with E-state index in [1.807, 2.05) is 0 Å². The smallest absolute Gasteiger partial charge is 0.242 e. The van der Waals surface area contributed by atoms with Gasteiger partial charge >= 0.3 is 0 Å². The van der Waals surface area contributed by atoms with Gasteiger partial charge in [0, 0.05) is 12.6 Å². The highest BCUT2D eigenvalue weighted by Gasteiger charge is 2.44. The lowest BCUT2D eigenvalue weighted by Crippen LogP contribution is -2.61. The zero-order valence-electron chi connectivity index (χ0n) is 7.77. The van der Waals surface area contributed by atoms with Gasteiger partial charge in [0.15, 0.2) is 0 Å². The molecular weight excluding hydrogens is 183 g/mol. The van der Waals surface area contributed by atoms with Crippen molar-refractivity contribution in [1.29, 1.82) is 0 Å². The van der Waals surface area contributed by atoms with Crippen molar-refractivity contribution in [2.75, 3.05) is 7.05 Å². The Hall–Kier alpha value is -1.42. The SMILES string of the molecule is CN1C(=O)C(N)C1c1ccccc1F. The number of amides is 1. The molecule has 1 amide bonds. The monoisotopic (exact) mass is 194 g/mol. The number of nitrogens with zero attached hydrogens (tertiary/aromatic N) is 1. The maximum atomic E-state index is 13.3. The van der Waals surface area contributed by atoms with Gasteiger partial charge in [-0.15, -0.1) is 0 Å². The Morgan fingerprint density at radius 1 is 1.43 bits per heavy atom. The van der Waals surface area contributed by atoms with Crippen LogP contribution >= 0.6 is 0 Å². The summed E-state index contributed by atoms with van der Waals surface area (Å²) in [7, 11) is 1.63. The van der Waals surface area contributed by atoms with Crippen molar-refractivity contribution < 1.29 is 9.18 Å². The Kier molecular flexibility index (Phi) is 2.00. The molecule has 14 heavy (non-hydrogen) atoms. The Morgan fingerprint density at radius 3 is 2.64 bits per heavy atom. The van der Waals surface area contributed by atoms with E-state index in [1.165, 1.54) is 11.0 Å². The van der Waals surface area contributed by atoms with Crippen LogP contribution in [0, 0.1) is 5.82 Å². The van der Waals surface area contributed by atoms with Gasteiger partial charge in [-0.25, -0.2) is 4.39 Å². The van der Waals surface area contributed by atoms with Crippen LogP contribution in [-0.4, -0.2) is 23.9 Å². The number of rotatable bonds is 1. The van der Waals surface area contributed by atoms with Crippen LogP contribution in [0.15, 0.2) is 24.3 Å². The molecule has 1 fully saturated rings. The van der Waals surface area contributed by atoms with Gasteiger partial charge < -0.3 is 10.6 Å². The second-order valence-electron chi connectivity index (χ2n) is 3.44. The van der Waals surface area contributed by atoms with E-state index < -0.39 is 6.04 Å². The molecule has 1 aliphatic rings. The van der Waals surface area contributed by atoms with Crippen LogP contribution in [-0.2, 0) is 4.79 Å². The van der Waals surface area contributed by atoms with Crippen molar-refractivity contribution in [3.8, 4) is 0 Å². The van der Waals surface area contributed by atoms with Gasteiger partial charge in [0.25, 0.3) is 0 Å². The molecule has 4 heteroatoms. The fourth-order valence-corrected chi connectivity index (χ4v) is 1.78. The summed E-state index contributed by atoms with van der Waals surface area (Å²) < 4.78 is 13.3. The zero-order chi connectivity index (χ0) is 10.3. The number of hydrogen-bond acceptors (Lipinski definition) is 2. The van der Waals surface area contributed by atoms with E-state index in [2.05, 4.69) is 0 Å². The molecule has 1 saturated heterocycles. The van der Waals surface area contributed by atoms with E-state index in [0.717, 1.165) is 0 Å². The Morgan fingerprint density at radius 2 is 2.07 bits per heavy atom. The molecule has 0 aliphatic carbocycles. The largest absolute Gasteiger partial charge is 0.335 e. The van der Waals surface area contributed by atoms with Crippen LogP contribution in [0.5, 0.6) is 0 Å². The van der Waals surface area contributed by atoms with Crippen molar-refractivity contribution in [2.24, 2.45) is 5.73 Å². The summed E-state index contributed by atoms with van der Waals surface area (Å²) in [6.45, 7) is 0. The van der Waals surface area contributed by atoms with Crippen LogP contribution in [0.3, 0.4) is 0 Å². The Balaban J connectivity index is 2.33. The van der Waals surface area contributed by atoms with Gasteiger partial charge in [-0.2, -0.15) is 0 Å². The van der Waals surface area contributed by atoms with Crippen molar-refractivity contribution >= 4 is 5.91 Å². The quantitative estimate of drug-likeness (QED) is 0.668. The molecule has 2 unspecified atom stereocenters. The van der Waals surface area contributed by atoms with Gasteiger partial charge in [-0.3, -0.25) is 4.79 Å². The first kappa shape index (κ1) is 9.15. The highest BCUT2D eigenvalue weighted by atomic mass is 19.1. The van der Waals surface area contributed by atoms with E-state index in [0.29, 0.717) is 5.56 Å². The van der Waals surface area contributed by atoms with Crippen LogP contribution in [0.4, 0.5) is 4.39 Å². The highest BCUT2D eigenvalue weighted by molar-refractivity contribution is 5.89. The number of carbonyl (C=O) groups is 1. The summed E-state index contributed by atoms with van der Waals surface area (Å²) in [6, 6.07) is 5.47. The van der Waals surface area contributed by atoms with Crippen molar-refractivity contribution in [2.45, 2.75) is 12.1 Å². The van der Waals surface area contributed by atoms with Crippen LogP contribution < -0.4 is 5.73 Å². The minimum Gasteiger partial charge on any atom is -0.335 e. The zero-order valence-corrected chi connectivity index (χ0v) is 7.77. The third-order valence-corrected chi connectivity index (χ3v) is 2.61. The number of β-lactam (4-membered cyclic amide) rings is 1. The number of carbonyl (C=O) groups excluding carboxylic acids is 1. The van der Waals surface area contributed by atoms with Gasteiger partial charge in [-0.05, 0) is 6.07 Å². The first-order chi connectivity index (χ1) is 6.63. The van der Waals surface area contributed by atoms with E-state index in [4.69, 9.17) is 5.73 Å². The van der Waals surface area contributed by atoms with Crippen LogP contribution in [0.2, 0.25) is 0 Å². The molecule has 3 nitrogen and oxygen atoms in total. The molecule has 1 aliphatic heterocycles. The summed E-state index contributed by atoms with van der Waals surface area (Å²) >= 11 is 0. The number of hydrogen-bond donors (Lipinski definition) is 1. The van der Waals surface area contributed by atoms with Gasteiger partial charge in [0.05, 0.1) is 6.04 Å². The standard InChI is InChI=1S/C10H11FN2O/c1-13-9(8(12)10(13)14)6-4-2-3-5-7(6)11/h2-5,8-9H,12H2,1H3. The highest BCUT2D eigenvalue weighted by Crippen LogP contribution is 2.32. The normalized spacial score (nSPS) is 26.2. The average Bonchev–Trinajstić information content (AvgIpc) is 2.21. The van der Waals surface area contributed by atoms with Crippen LogP contribution in [0.25, 0.3) is 0 Å². The minimum absolute atomic E-state index is 0.141. The van der Waals surface area contributed by atoms with Gasteiger partial charge in [-0.1, -0.05) is 18.2 Å². The Labute approximate surface area is 81.3 Å². The van der Waals surface area contributed by atoms with Gasteiger partial charge in [0.2, 0.25) is 5.91 Å². The van der Waals surface area contributed by atoms with Crippen LogP contribution in [0.1, 0.15) is 11.6 Å². The molecule has 1 aromatic carbocycles. The van der Waals surface area contributed by atoms with E-state index in [9.17, 15) is 9.18 Å². The maximum absolute atomic E-state index is 13.3. The topological polar surface area (TPSA) is 46.3 Å². The molecule has 0 bridgehead atoms. The number of likely N-dealkylation sites (tertiary alicyclic amines) is 1. The predicted molar refractivity (Wildman–Crippen MR) is 49.9 cm³/mol. The molecule has 0 spiro atoms. The molecule has 2 rings (SSSR count). The fraction of sp³-hybridized carbons (Fsp3) is 0.300. The first-order valence-corrected chi connectivity index (χ1v) is 4.39. The lowest BCUT2D eigenvalue weighted by Gasteiger charge is -2.43. The Bertz CT molecular complexity index is 368. The molecule has 2 N–H and O–H groups in total. The number of nitrogens with two attached hydrogens (primary N) is 1. The molecule has 2 atom stereocenters. The summed E-state index contributed by atoms with van der Waals surface area (Å²) in [5, 5.41) is 0. The van der Waals surface area contributed by atoms with E-state index in [1.54, 1.807) is 25.2 Å². The van der Waals surface area contributed by atoms with Gasteiger partial charge in [0.1, 0.15) is 11.9 Å². The number of halogens is 1. The molecule has 0 aromatic heterocycles. The predicted octanol–water partition coefficient (Wildman–Crippen LogP) is 0.666. The third kappa shape index (κ3) is 1.11. The number of likely N-dealkylation sites (N-methyl/N-ethyl adjacent to an activating group) is 1. The fourth-order valence-electron chi connectivity index (χ4n) is 1.78. The van der Waals surface area contributed by atoms with E-state index >= 15 is 0 Å². The second kappa shape index (κ2) is 3.06.